The van der Waals surface area contributed by atoms with Crippen molar-refractivity contribution in [2.24, 2.45) is 0 Å². The number of fused-ring (bicyclic) bond motifs is 1. The standard InChI is InChI=1S/C19H18BrNO4S/c1-4-24-19(23)17-10(2)11(3)26-18(17)21-16(22)7-12-9-25-15-6-5-13(20)8-14(12)15/h5-6,8-9H,4,7H2,1-3H3,(H,21,22). The SMILES string of the molecule is CCOC(=O)c1c(NC(=O)Cc2coc3ccc(Br)cc23)sc(C)c1C. The van der Waals surface area contributed by atoms with Crippen molar-refractivity contribution in [1.29, 1.82) is 0 Å². The number of carbonyl (C=O) groups excluding carboxylic acids is 2. The lowest BCUT2D eigenvalue weighted by molar-refractivity contribution is -0.115. The Morgan fingerprint density at radius 3 is 2.81 bits per heavy atom. The zero-order valence-corrected chi connectivity index (χ0v) is 17.0. The van der Waals surface area contributed by atoms with Crippen molar-refractivity contribution in [2.75, 3.05) is 11.9 Å². The van der Waals surface area contributed by atoms with E-state index in [0.29, 0.717) is 10.6 Å². The Labute approximate surface area is 163 Å². The van der Waals surface area contributed by atoms with E-state index in [1.54, 1.807) is 13.2 Å². The van der Waals surface area contributed by atoms with E-state index in [2.05, 4.69) is 21.2 Å². The van der Waals surface area contributed by atoms with Crippen LogP contribution in [0.3, 0.4) is 0 Å². The largest absolute Gasteiger partial charge is 0.464 e. The Hall–Kier alpha value is -2.12. The van der Waals surface area contributed by atoms with Crippen LogP contribution < -0.4 is 5.32 Å². The fourth-order valence-corrected chi connectivity index (χ4v) is 4.12. The molecule has 0 spiro atoms. The summed E-state index contributed by atoms with van der Waals surface area (Å²) in [6.45, 7) is 5.82. The van der Waals surface area contributed by atoms with E-state index in [1.165, 1.54) is 11.3 Å². The highest BCUT2D eigenvalue weighted by atomic mass is 79.9. The number of hydrogen-bond donors (Lipinski definition) is 1. The first-order valence-corrected chi connectivity index (χ1v) is 9.74. The zero-order valence-electron chi connectivity index (χ0n) is 14.6. The van der Waals surface area contributed by atoms with Gasteiger partial charge in [0.1, 0.15) is 10.6 Å². The van der Waals surface area contributed by atoms with E-state index in [1.807, 2.05) is 32.0 Å². The number of esters is 1. The molecule has 0 saturated carbocycles. The van der Waals surface area contributed by atoms with Gasteiger partial charge in [0.2, 0.25) is 5.91 Å². The van der Waals surface area contributed by atoms with Crippen LogP contribution in [0.2, 0.25) is 0 Å². The minimum absolute atomic E-state index is 0.154. The third kappa shape index (κ3) is 3.68. The summed E-state index contributed by atoms with van der Waals surface area (Å²) in [7, 11) is 0. The minimum atomic E-state index is -0.414. The lowest BCUT2D eigenvalue weighted by atomic mass is 10.1. The van der Waals surface area contributed by atoms with Crippen molar-refractivity contribution in [1.82, 2.24) is 0 Å². The molecule has 1 N–H and O–H groups in total. The number of aryl methyl sites for hydroxylation is 1. The van der Waals surface area contributed by atoms with Crippen LogP contribution in [-0.2, 0) is 16.0 Å². The molecule has 0 aliphatic rings. The van der Waals surface area contributed by atoms with Gasteiger partial charge in [0, 0.05) is 20.3 Å². The Morgan fingerprint density at radius 1 is 1.31 bits per heavy atom. The number of halogens is 1. The van der Waals surface area contributed by atoms with Gasteiger partial charge in [-0.05, 0) is 44.5 Å². The first kappa shape index (κ1) is 18.7. The summed E-state index contributed by atoms with van der Waals surface area (Å²) in [6, 6.07) is 5.66. The quantitative estimate of drug-likeness (QED) is 0.556. The maximum atomic E-state index is 12.6. The van der Waals surface area contributed by atoms with Crippen LogP contribution in [0.25, 0.3) is 11.0 Å². The second kappa shape index (κ2) is 7.63. The number of rotatable bonds is 5. The van der Waals surface area contributed by atoms with Crippen molar-refractivity contribution in [3.63, 3.8) is 0 Å². The first-order chi connectivity index (χ1) is 12.4. The topological polar surface area (TPSA) is 68.5 Å². The normalized spacial score (nSPS) is 10.9. The number of benzene rings is 1. The number of anilines is 1. The Balaban J connectivity index is 1.83. The Bertz CT molecular complexity index is 989. The van der Waals surface area contributed by atoms with Crippen LogP contribution in [-0.4, -0.2) is 18.5 Å². The molecule has 7 heteroatoms. The second-order valence-corrected chi connectivity index (χ2v) is 7.97. The molecule has 3 rings (SSSR count). The monoisotopic (exact) mass is 435 g/mol. The average Bonchev–Trinajstić information content (AvgIpc) is 3.09. The molecular formula is C19H18BrNO4S. The van der Waals surface area contributed by atoms with E-state index < -0.39 is 5.97 Å². The molecular weight excluding hydrogens is 418 g/mol. The van der Waals surface area contributed by atoms with Crippen LogP contribution in [0.15, 0.2) is 33.4 Å². The summed E-state index contributed by atoms with van der Waals surface area (Å²) in [6.07, 6.45) is 1.75. The van der Waals surface area contributed by atoms with Crippen molar-refractivity contribution < 1.29 is 18.7 Å². The van der Waals surface area contributed by atoms with Gasteiger partial charge in [-0.2, -0.15) is 0 Å². The number of amides is 1. The molecule has 1 aromatic carbocycles. The molecule has 2 heterocycles. The smallest absolute Gasteiger partial charge is 0.341 e. The lowest BCUT2D eigenvalue weighted by Gasteiger charge is -2.07. The fourth-order valence-electron chi connectivity index (χ4n) is 2.70. The highest BCUT2D eigenvalue weighted by Gasteiger charge is 2.22. The summed E-state index contributed by atoms with van der Waals surface area (Å²) in [4.78, 5) is 25.7. The molecule has 0 bridgehead atoms. The van der Waals surface area contributed by atoms with Crippen LogP contribution >= 0.6 is 27.3 Å². The van der Waals surface area contributed by atoms with Gasteiger partial charge in [-0.3, -0.25) is 4.79 Å². The van der Waals surface area contributed by atoms with Gasteiger partial charge in [0.05, 0.1) is 24.9 Å². The molecule has 0 fully saturated rings. The number of furan rings is 1. The molecule has 0 aliphatic carbocycles. The summed E-state index contributed by atoms with van der Waals surface area (Å²) in [5.74, 6) is -0.623. The van der Waals surface area contributed by atoms with E-state index in [0.717, 1.165) is 31.4 Å². The summed E-state index contributed by atoms with van der Waals surface area (Å²) < 4.78 is 11.5. The number of thiophene rings is 1. The van der Waals surface area contributed by atoms with Gasteiger partial charge in [-0.1, -0.05) is 15.9 Å². The van der Waals surface area contributed by atoms with Gasteiger partial charge < -0.3 is 14.5 Å². The molecule has 0 unspecified atom stereocenters. The van der Waals surface area contributed by atoms with Crippen molar-refractivity contribution in [3.8, 4) is 0 Å². The van der Waals surface area contributed by atoms with Gasteiger partial charge in [-0.15, -0.1) is 11.3 Å². The predicted octanol–water partition coefficient (Wildman–Crippen LogP) is 5.23. The molecule has 136 valence electrons. The highest BCUT2D eigenvalue weighted by molar-refractivity contribution is 9.10. The molecule has 5 nitrogen and oxygen atoms in total. The number of ether oxygens (including phenoxy) is 1. The molecule has 2 aromatic heterocycles. The summed E-state index contributed by atoms with van der Waals surface area (Å²) >= 11 is 4.81. The Morgan fingerprint density at radius 2 is 2.08 bits per heavy atom. The Kier molecular flexibility index (Phi) is 5.48. The molecule has 0 atom stereocenters. The number of carbonyl (C=O) groups is 2. The highest BCUT2D eigenvalue weighted by Crippen LogP contribution is 2.33. The van der Waals surface area contributed by atoms with Gasteiger partial charge in [0.25, 0.3) is 0 Å². The second-order valence-electron chi connectivity index (χ2n) is 5.83. The molecule has 0 radical (unpaired) electrons. The number of nitrogens with one attached hydrogen (secondary N) is 1. The van der Waals surface area contributed by atoms with Crippen molar-refractivity contribution in [2.45, 2.75) is 27.2 Å². The maximum absolute atomic E-state index is 12.6. The maximum Gasteiger partial charge on any atom is 0.341 e. The average molecular weight is 436 g/mol. The van der Waals surface area contributed by atoms with Gasteiger partial charge in [0.15, 0.2) is 0 Å². The van der Waals surface area contributed by atoms with Gasteiger partial charge in [-0.25, -0.2) is 4.79 Å². The van der Waals surface area contributed by atoms with Gasteiger partial charge >= 0.3 is 5.97 Å². The van der Waals surface area contributed by atoms with Crippen LogP contribution in [0.4, 0.5) is 5.00 Å². The lowest BCUT2D eigenvalue weighted by Crippen LogP contribution is -2.16. The van der Waals surface area contributed by atoms with Crippen molar-refractivity contribution >= 4 is 55.1 Å². The number of hydrogen-bond acceptors (Lipinski definition) is 5. The van der Waals surface area contributed by atoms with E-state index in [4.69, 9.17) is 9.15 Å². The summed E-state index contributed by atoms with van der Waals surface area (Å²) in [5.41, 5.74) is 2.79. The molecule has 0 saturated heterocycles. The predicted molar refractivity (Wildman–Crippen MR) is 106 cm³/mol. The van der Waals surface area contributed by atoms with E-state index >= 15 is 0 Å². The first-order valence-electron chi connectivity index (χ1n) is 8.13. The van der Waals surface area contributed by atoms with Crippen LogP contribution in [0.5, 0.6) is 0 Å². The molecule has 3 aromatic rings. The fraction of sp³-hybridized carbons (Fsp3) is 0.263. The van der Waals surface area contributed by atoms with Crippen LogP contribution in [0, 0.1) is 13.8 Å². The van der Waals surface area contributed by atoms with Crippen molar-refractivity contribution in [3.05, 3.63) is 50.5 Å². The minimum Gasteiger partial charge on any atom is -0.464 e. The molecule has 0 aliphatic heterocycles. The van der Waals surface area contributed by atoms with E-state index in [-0.39, 0.29) is 18.9 Å². The molecule has 26 heavy (non-hydrogen) atoms. The zero-order chi connectivity index (χ0) is 18.8. The van der Waals surface area contributed by atoms with Crippen LogP contribution in [0.1, 0.15) is 33.3 Å². The third-order valence-corrected chi connectivity index (χ3v) is 5.70. The van der Waals surface area contributed by atoms with E-state index in [9.17, 15) is 9.59 Å². The molecule has 1 amide bonds. The third-order valence-electron chi connectivity index (χ3n) is 4.08. The summed E-state index contributed by atoms with van der Waals surface area (Å²) in [5, 5.41) is 4.27.